The Labute approximate surface area is 91.1 Å². The highest BCUT2D eigenvalue weighted by atomic mass is 16.3. The van der Waals surface area contributed by atoms with Crippen LogP contribution in [0.1, 0.15) is 50.1 Å². The number of hydrogen-bond acceptors (Lipinski definition) is 2. The molecule has 3 nitrogen and oxygen atoms in total. The second kappa shape index (κ2) is 4.35. The highest BCUT2D eigenvalue weighted by Crippen LogP contribution is 2.35. The molecule has 2 rings (SSSR count). The van der Waals surface area contributed by atoms with Gasteiger partial charge in [0.05, 0.1) is 17.5 Å². The van der Waals surface area contributed by atoms with Gasteiger partial charge in [-0.15, -0.1) is 0 Å². The molecule has 1 aliphatic carbocycles. The van der Waals surface area contributed by atoms with Crippen LogP contribution in [0.4, 0.5) is 0 Å². The summed E-state index contributed by atoms with van der Waals surface area (Å²) in [5, 5.41) is 14.7. The summed E-state index contributed by atoms with van der Waals surface area (Å²) in [4.78, 5) is 0. The minimum atomic E-state index is -0.311. The van der Waals surface area contributed by atoms with Crippen molar-refractivity contribution in [3.05, 3.63) is 17.5 Å². The largest absolute Gasteiger partial charge is 0.387 e. The molecule has 0 saturated heterocycles. The van der Waals surface area contributed by atoms with Crippen LogP contribution >= 0.6 is 0 Å². The summed E-state index contributed by atoms with van der Waals surface area (Å²) in [5.41, 5.74) is 2.01. The Morgan fingerprint density at radius 1 is 1.53 bits per heavy atom. The lowest BCUT2D eigenvalue weighted by Gasteiger charge is -2.18. The zero-order valence-electron chi connectivity index (χ0n) is 9.61. The van der Waals surface area contributed by atoms with E-state index in [0.29, 0.717) is 5.92 Å². The van der Waals surface area contributed by atoms with E-state index in [1.807, 2.05) is 17.7 Å². The van der Waals surface area contributed by atoms with Gasteiger partial charge >= 0.3 is 0 Å². The molecule has 1 aromatic rings. The second-order valence-corrected chi connectivity index (χ2v) is 4.52. The van der Waals surface area contributed by atoms with Crippen molar-refractivity contribution in [1.29, 1.82) is 0 Å². The van der Waals surface area contributed by atoms with Gasteiger partial charge in [0.1, 0.15) is 0 Å². The highest BCUT2D eigenvalue weighted by Gasteiger charge is 2.26. The standard InChI is InChI=1S/C12H20N2O/c1-3-14-11(8-9(2)13-14)12(15)10-6-4-5-7-10/h8,10,12,15H,3-7H2,1-2H3. The van der Waals surface area contributed by atoms with Crippen LogP contribution in [-0.4, -0.2) is 14.9 Å². The van der Waals surface area contributed by atoms with Crippen LogP contribution in [0.25, 0.3) is 0 Å². The molecule has 0 radical (unpaired) electrons. The van der Waals surface area contributed by atoms with Crippen molar-refractivity contribution in [1.82, 2.24) is 9.78 Å². The molecule has 0 spiro atoms. The predicted molar refractivity (Wildman–Crippen MR) is 59.6 cm³/mol. The fourth-order valence-corrected chi connectivity index (χ4v) is 2.57. The van der Waals surface area contributed by atoms with E-state index in [1.54, 1.807) is 0 Å². The van der Waals surface area contributed by atoms with Crippen molar-refractivity contribution in [2.75, 3.05) is 0 Å². The molecular formula is C12H20N2O. The van der Waals surface area contributed by atoms with Crippen LogP contribution in [0.15, 0.2) is 6.07 Å². The third-order valence-corrected chi connectivity index (χ3v) is 3.38. The summed E-state index contributed by atoms with van der Waals surface area (Å²) < 4.78 is 1.93. The van der Waals surface area contributed by atoms with Gasteiger partial charge in [-0.3, -0.25) is 4.68 Å². The van der Waals surface area contributed by atoms with E-state index in [-0.39, 0.29) is 6.10 Å². The monoisotopic (exact) mass is 208 g/mol. The summed E-state index contributed by atoms with van der Waals surface area (Å²) in [6.07, 6.45) is 4.54. The van der Waals surface area contributed by atoms with Gasteiger partial charge in [0.2, 0.25) is 0 Å². The Kier molecular flexibility index (Phi) is 3.10. The molecule has 1 heterocycles. The van der Waals surface area contributed by atoms with E-state index in [0.717, 1.165) is 30.8 Å². The molecule has 0 aliphatic heterocycles. The summed E-state index contributed by atoms with van der Waals surface area (Å²) in [5.74, 6) is 0.450. The zero-order valence-corrected chi connectivity index (χ0v) is 9.61. The number of aryl methyl sites for hydroxylation is 2. The third kappa shape index (κ3) is 2.07. The lowest BCUT2D eigenvalue weighted by molar-refractivity contribution is 0.102. The maximum atomic E-state index is 10.3. The lowest BCUT2D eigenvalue weighted by atomic mass is 9.98. The number of nitrogens with zero attached hydrogens (tertiary/aromatic N) is 2. The second-order valence-electron chi connectivity index (χ2n) is 4.52. The van der Waals surface area contributed by atoms with E-state index >= 15 is 0 Å². The SMILES string of the molecule is CCn1nc(C)cc1C(O)C1CCCC1. The molecule has 0 aromatic carbocycles. The number of aromatic nitrogens is 2. The molecule has 1 aliphatic rings. The van der Waals surface area contributed by atoms with Gasteiger partial charge in [0, 0.05) is 6.54 Å². The van der Waals surface area contributed by atoms with E-state index in [9.17, 15) is 5.11 Å². The first-order valence-corrected chi connectivity index (χ1v) is 5.94. The van der Waals surface area contributed by atoms with Crippen LogP contribution in [0.5, 0.6) is 0 Å². The van der Waals surface area contributed by atoms with Gasteiger partial charge in [0.15, 0.2) is 0 Å². The molecular weight excluding hydrogens is 188 g/mol. The number of aliphatic hydroxyl groups is 1. The molecule has 1 N–H and O–H groups in total. The average molecular weight is 208 g/mol. The normalized spacial score (nSPS) is 19.7. The Bertz CT molecular complexity index is 326. The highest BCUT2D eigenvalue weighted by molar-refractivity contribution is 5.12. The first-order valence-electron chi connectivity index (χ1n) is 5.94. The molecule has 1 atom stereocenters. The minimum Gasteiger partial charge on any atom is -0.387 e. The first kappa shape index (κ1) is 10.7. The van der Waals surface area contributed by atoms with Crippen LogP contribution in [-0.2, 0) is 6.54 Å². The topological polar surface area (TPSA) is 38.0 Å². The molecule has 3 heteroatoms. The first-order chi connectivity index (χ1) is 7.22. The van der Waals surface area contributed by atoms with Gasteiger partial charge in [0.25, 0.3) is 0 Å². The lowest BCUT2D eigenvalue weighted by Crippen LogP contribution is -2.14. The van der Waals surface area contributed by atoms with E-state index in [2.05, 4.69) is 12.0 Å². The number of rotatable bonds is 3. The van der Waals surface area contributed by atoms with Crippen molar-refractivity contribution < 1.29 is 5.11 Å². The fourth-order valence-electron chi connectivity index (χ4n) is 2.57. The Morgan fingerprint density at radius 3 is 2.80 bits per heavy atom. The summed E-state index contributed by atoms with van der Waals surface area (Å²) in [6.45, 7) is 4.89. The molecule has 84 valence electrons. The molecule has 15 heavy (non-hydrogen) atoms. The van der Waals surface area contributed by atoms with E-state index in [4.69, 9.17) is 0 Å². The van der Waals surface area contributed by atoms with Gasteiger partial charge < -0.3 is 5.11 Å². The molecule has 0 amide bonds. The van der Waals surface area contributed by atoms with Gasteiger partial charge in [-0.25, -0.2) is 0 Å². The summed E-state index contributed by atoms with van der Waals surface area (Å²) >= 11 is 0. The fraction of sp³-hybridized carbons (Fsp3) is 0.750. The molecule has 1 saturated carbocycles. The zero-order chi connectivity index (χ0) is 10.8. The molecule has 1 unspecified atom stereocenters. The van der Waals surface area contributed by atoms with E-state index in [1.165, 1.54) is 12.8 Å². The summed E-state index contributed by atoms with van der Waals surface area (Å²) in [7, 11) is 0. The molecule has 0 bridgehead atoms. The van der Waals surface area contributed by atoms with Crippen LogP contribution in [0.3, 0.4) is 0 Å². The van der Waals surface area contributed by atoms with Crippen molar-refractivity contribution >= 4 is 0 Å². The van der Waals surface area contributed by atoms with Crippen molar-refractivity contribution in [3.63, 3.8) is 0 Å². The molecule has 1 aromatic heterocycles. The van der Waals surface area contributed by atoms with Gasteiger partial charge in [-0.2, -0.15) is 5.10 Å². The Morgan fingerprint density at radius 2 is 2.20 bits per heavy atom. The average Bonchev–Trinajstić information content (AvgIpc) is 2.84. The number of aliphatic hydroxyl groups excluding tert-OH is 1. The van der Waals surface area contributed by atoms with Crippen LogP contribution in [0, 0.1) is 12.8 Å². The quantitative estimate of drug-likeness (QED) is 0.828. The number of hydrogen-bond donors (Lipinski definition) is 1. The van der Waals surface area contributed by atoms with Crippen LogP contribution in [0.2, 0.25) is 0 Å². The third-order valence-electron chi connectivity index (χ3n) is 3.38. The van der Waals surface area contributed by atoms with Gasteiger partial charge in [-0.1, -0.05) is 12.8 Å². The van der Waals surface area contributed by atoms with Crippen molar-refractivity contribution in [2.24, 2.45) is 5.92 Å². The Balaban J connectivity index is 2.19. The van der Waals surface area contributed by atoms with Crippen molar-refractivity contribution in [2.45, 2.75) is 52.2 Å². The predicted octanol–water partition coefficient (Wildman–Crippen LogP) is 2.44. The van der Waals surface area contributed by atoms with E-state index < -0.39 is 0 Å². The smallest absolute Gasteiger partial charge is 0.0984 e. The van der Waals surface area contributed by atoms with Crippen molar-refractivity contribution in [3.8, 4) is 0 Å². The minimum absolute atomic E-state index is 0.311. The maximum absolute atomic E-state index is 10.3. The maximum Gasteiger partial charge on any atom is 0.0984 e. The molecule has 1 fully saturated rings. The van der Waals surface area contributed by atoms with Crippen LogP contribution < -0.4 is 0 Å². The Hall–Kier alpha value is -0.830. The summed E-state index contributed by atoms with van der Waals surface area (Å²) in [6, 6.07) is 2.02. The van der Waals surface area contributed by atoms with Gasteiger partial charge in [-0.05, 0) is 38.7 Å².